The Bertz CT molecular complexity index is 1240. The molecule has 1 aromatic rings. The van der Waals surface area contributed by atoms with Crippen LogP contribution < -0.4 is 4.74 Å². The summed E-state index contributed by atoms with van der Waals surface area (Å²) in [6.07, 6.45) is 30.1. The number of rotatable bonds is 6. The zero-order valence-corrected chi connectivity index (χ0v) is 23.1. The van der Waals surface area contributed by atoms with Crippen molar-refractivity contribution >= 4 is 12.0 Å². The zero-order valence-electron chi connectivity index (χ0n) is 23.1. The first-order chi connectivity index (χ1) is 19.0. The minimum Gasteiger partial charge on any atom is -0.488 e. The van der Waals surface area contributed by atoms with E-state index in [9.17, 15) is 4.79 Å². The predicted octanol–water partition coefficient (Wildman–Crippen LogP) is 8.15. The summed E-state index contributed by atoms with van der Waals surface area (Å²) in [5, 5.41) is 8.78. The van der Waals surface area contributed by atoms with Gasteiger partial charge in [-0.15, -0.1) is 0 Å². The number of benzene rings is 1. The van der Waals surface area contributed by atoms with Crippen LogP contribution in [0.25, 0.3) is 6.08 Å². The summed E-state index contributed by atoms with van der Waals surface area (Å²) >= 11 is 0. The number of fused-ring (bicyclic) bond motifs is 1. The van der Waals surface area contributed by atoms with E-state index >= 15 is 0 Å². The van der Waals surface area contributed by atoms with Crippen molar-refractivity contribution in [1.29, 1.82) is 0 Å². The van der Waals surface area contributed by atoms with Gasteiger partial charge in [0.05, 0.1) is 0 Å². The number of carbonyl (C=O) groups is 1. The Morgan fingerprint density at radius 2 is 1.28 bits per heavy atom. The molecule has 1 aliphatic heterocycles. The molecule has 0 amide bonds. The Morgan fingerprint density at radius 3 is 1.85 bits per heavy atom. The van der Waals surface area contributed by atoms with E-state index in [0.717, 1.165) is 41.6 Å². The lowest BCUT2D eigenvalue weighted by atomic mass is 9.46. The van der Waals surface area contributed by atoms with Crippen LogP contribution in [0.4, 0.5) is 0 Å². The molecule has 3 nitrogen and oxygen atoms in total. The second-order valence-electron chi connectivity index (χ2n) is 14.8. The molecule has 10 rings (SSSR count). The molecule has 0 saturated heterocycles. The van der Waals surface area contributed by atoms with Crippen molar-refractivity contribution in [2.75, 3.05) is 6.61 Å². The maximum absolute atomic E-state index is 10.7. The van der Waals surface area contributed by atoms with Gasteiger partial charge in [-0.3, -0.25) is 0 Å². The van der Waals surface area contributed by atoms with E-state index in [1.807, 2.05) is 12.2 Å². The molecule has 3 heteroatoms. The van der Waals surface area contributed by atoms with Crippen LogP contribution in [0.2, 0.25) is 0 Å². The minimum absolute atomic E-state index is 0.331. The van der Waals surface area contributed by atoms with Crippen LogP contribution in [0.3, 0.4) is 0 Å². The Labute approximate surface area is 233 Å². The fraction of sp³-hybridized carbons (Fsp3) is 0.583. The first-order valence-corrected chi connectivity index (χ1v) is 15.7. The lowest BCUT2D eigenvalue weighted by Crippen LogP contribution is -2.50. The van der Waals surface area contributed by atoms with Crippen LogP contribution in [0.15, 0.2) is 54.2 Å². The lowest BCUT2D eigenvalue weighted by molar-refractivity contribution is -0.131. The summed E-state index contributed by atoms with van der Waals surface area (Å²) < 4.78 is 6.70. The summed E-state index contributed by atoms with van der Waals surface area (Å²) in [6.45, 7) is 0.610. The van der Waals surface area contributed by atoms with Gasteiger partial charge in [-0.05, 0) is 147 Å². The molecule has 0 aromatic heterocycles. The molecular weight excluding hydrogens is 480 g/mol. The largest absolute Gasteiger partial charge is 0.488 e. The second-order valence-corrected chi connectivity index (χ2v) is 14.8. The number of carboxylic acids is 1. The average Bonchev–Trinajstić information content (AvgIpc) is 2.88. The third-order valence-corrected chi connectivity index (χ3v) is 12.0. The highest BCUT2D eigenvalue weighted by atomic mass is 16.5. The van der Waals surface area contributed by atoms with Crippen molar-refractivity contribution in [3.05, 3.63) is 70.9 Å². The van der Waals surface area contributed by atoms with Crippen LogP contribution in [0, 0.1) is 35.5 Å². The topological polar surface area (TPSA) is 46.5 Å². The first kappa shape index (κ1) is 24.3. The maximum Gasteiger partial charge on any atom is 0.328 e. The first-order valence-electron chi connectivity index (χ1n) is 15.7. The van der Waals surface area contributed by atoms with Crippen molar-refractivity contribution < 1.29 is 14.6 Å². The standard InChI is InChI=1S/C36H42O3/c37-33(38)6-4-2-1-3-5-23-13-30-14-31(35-16-24-7-25(17-35)9-26(8-24)18-35)15-32(34(30)39-22-23)36-19-27-10-28(20-36)12-29(11-27)21-36/h1-6,13-15,24-29H,7-12,16-22H2,(H,37,38)/b2-1+,5-3+,6-4+. The number of allylic oxidation sites excluding steroid dienone is 4. The van der Waals surface area contributed by atoms with Crippen LogP contribution in [-0.2, 0) is 15.6 Å². The molecule has 1 heterocycles. The fourth-order valence-corrected chi connectivity index (χ4v) is 11.5. The summed E-state index contributed by atoms with van der Waals surface area (Å²) in [5.74, 6) is 5.89. The van der Waals surface area contributed by atoms with E-state index in [1.54, 1.807) is 23.3 Å². The molecule has 9 aliphatic rings. The highest BCUT2D eigenvalue weighted by Gasteiger charge is 2.55. The summed E-state index contributed by atoms with van der Waals surface area (Å²) in [4.78, 5) is 10.7. The lowest BCUT2D eigenvalue weighted by Gasteiger charge is -2.59. The highest BCUT2D eigenvalue weighted by molar-refractivity contribution is 5.80. The van der Waals surface area contributed by atoms with Gasteiger partial charge in [-0.25, -0.2) is 4.79 Å². The van der Waals surface area contributed by atoms with Crippen LogP contribution in [0.5, 0.6) is 5.75 Å². The van der Waals surface area contributed by atoms with E-state index in [1.165, 1.54) is 93.9 Å². The molecule has 8 bridgehead atoms. The van der Waals surface area contributed by atoms with Gasteiger partial charge >= 0.3 is 5.97 Å². The molecule has 0 spiro atoms. The smallest absolute Gasteiger partial charge is 0.328 e. The van der Waals surface area contributed by atoms with Crippen molar-refractivity contribution in [2.24, 2.45) is 35.5 Å². The van der Waals surface area contributed by atoms with Crippen molar-refractivity contribution in [3.8, 4) is 5.75 Å². The normalized spacial score (nSPS) is 41.5. The number of aliphatic carboxylic acids is 1. The maximum atomic E-state index is 10.7. The quantitative estimate of drug-likeness (QED) is 0.303. The van der Waals surface area contributed by atoms with E-state index in [4.69, 9.17) is 9.84 Å². The predicted molar refractivity (Wildman–Crippen MR) is 155 cm³/mol. The van der Waals surface area contributed by atoms with Crippen molar-refractivity contribution in [1.82, 2.24) is 0 Å². The third kappa shape index (κ3) is 4.18. The van der Waals surface area contributed by atoms with E-state index in [2.05, 4.69) is 24.3 Å². The molecule has 8 fully saturated rings. The summed E-state index contributed by atoms with van der Waals surface area (Å²) in [6, 6.07) is 5.26. The Morgan fingerprint density at radius 1 is 0.744 bits per heavy atom. The molecule has 204 valence electrons. The minimum atomic E-state index is -0.923. The second kappa shape index (κ2) is 8.98. The molecule has 8 aliphatic carbocycles. The number of hydrogen-bond donors (Lipinski definition) is 1. The van der Waals surface area contributed by atoms with E-state index in [0.29, 0.717) is 17.4 Å². The Balaban J connectivity index is 1.19. The Hall–Kier alpha value is -2.55. The van der Waals surface area contributed by atoms with Crippen molar-refractivity contribution in [2.45, 2.75) is 87.9 Å². The third-order valence-electron chi connectivity index (χ3n) is 12.0. The van der Waals surface area contributed by atoms with Crippen LogP contribution >= 0.6 is 0 Å². The van der Waals surface area contributed by atoms with Gasteiger partial charge in [0.1, 0.15) is 12.4 Å². The zero-order chi connectivity index (χ0) is 26.2. The molecule has 1 aromatic carbocycles. The van der Waals surface area contributed by atoms with Gasteiger partial charge in [0.25, 0.3) is 0 Å². The summed E-state index contributed by atoms with van der Waals surface area (Å²) in [7, 11) is 0. The number of carboxylic acid groups (broad SMARTS) is 1. The van der Waals surface area contributed by atoms with Gasteiger partial charge in [0.2, 0.25) is 0 Å². The SMILES string of the molecule is O=C(O)/C=C/C=C/C=C/C1=Cc2cc(C34CC5CC(CC(C5)C3)C4)cc(C34CC5CC(CC(C5)C3)C4)c2OC1. The molecular formula is C36H42O3. The van der Waals surface area contributed by atoms with Gasteiger partial charge in [-0.2, -0.15) is 0 Å². The molecule has 39 heavy (non-hydrogen) atoms. The van der Waals surface area contributed by atoms with E-state index in [-0.39, 0.29) is 0 Å². The average molecular weight is 523 g/mol. The van der Waals surface area contributed by atoms with Gasteiger partial charge in [0.15, 0.2) is 0 Å². The van der Waals surface area contributed by atoms with E-state index < -0.39 is 5.97 Å². The molecule has 8 saturated carbocycles. The molecule has 0 atom stereocenters. The monoisotopic (exact) mass is 522 g/mol. The van der Waals surface area contributed by atoms with Crippen LogP contribution in [-0.4, -0.2) is 17.7 Å². The van der Waals surface area contributed by atoms with Gasteiger partial charge in [0, 0.05) is 17.2 Å². The fourth-order valence-electron chi connectivity index (χ4n) is 11.5. The van der Waals surface area contributed by atoms with Crippen molar-refractivity contribution in [3.63, 3.8) is 0 Å². The highest BCUT2D eigenvalue weighted by Crippen LogP contribution is 2.65. The molecule has 1 N–H and O–H groups in total. The number of hydrogen-bond acceptors (Lipinski definition) is 2. The molecule has 0 radical (unpaired) electrons. The number of ether oxygens (including phenoxy) is 1. The molecule has 0 unspecified atom stereocenters. The van der Waals surface area contributed by atoms with Gasteiger partial charge < -0.3 is 9.84 Å². The summed E-state index contributed by atoms with van der Waals surface area (Å²) in [5.41, 5.74) is 6.46. The van der Waals surface area contributed by atoms with Crippen LogP contribution in [0.1, 0.15) is 93.7 Å². The Kier molecular flexibility index (Phi) is 5.59. The van der Waals surface area contributed by atoms with Gasteiger partial charge in [-0.1, -0.05) is 36.4 Å².